The molecule has 0 fully saturated rings. The van der Waals surface area contributed by atoms with Crippen LogP contribution in [0.5, 0.6) is 0 Å². The van der Waals surface area contributed by atoms with Crippen molar-refractivity contribution in [2.24, 2.45) is 5.73 Å². The average molecular weight is 182 g/mol. The van der Waals surface area contributed by atoms with Gasteiger partial charge in [0.1, 0.15) is 0 Å². The Morgan fingerprint density at radius 3 is 3.08 bits per heavy atom. The van der Waals surface area contributed by atoms with Gasteiger partial charge in [-0.3, -0.25) is 4.79 Å². The lowest BCUT2D eigenvalue weighted by Gasteiger charge is -2.07. The normalized spacial score (nSPS) is 12.5. The van der Waals surface area contributed by atoms with E-state index >= 15 is 0 Å². The monoisotopic (exact) mass is 182 g/mol. The molecule has 3 N–H and O–H groups in total. The Morgan fingerprint density at radius 2 is 2.54 bits per heavy atom. The van der Waals surface area contributed by atoms with Gasteiger partial charge in [0.25, 0.3) is 0 Å². The van der Waals surface area contributed by atoms with Crippen LogP contribution in [0.2, 0.25) is 0 Å². The zero-order valence-corrected chi connectivity index (χ0v) is 7.60. The van der Waals surface area contributed by atoms with E-state index in [4.69, 9.17) is 5.73 Å². The SMILES string of the molecule is C[C@H](N)C(=O)NCCn1ccnc1. The number of carbonyl (C=O) groups excluding carboxylic acids is 1. The van der Waals surface area contributed by atoms with Gasteiger partial charge in [0.15, 0.2) is 0 Å². The standard InChI is InChI=1S/C8H14N4O/c1-7(9)8(13)11-3-5-12-4-2-10-6-12/h2,4,6-7H,3,5,9H2,1H3,(H,11,13)/t7-/m0/s1. The molecule has 0 saturated carbocycles. The quantitative estimate of drug-likeness (QED) is 0.649. The van der Waals surface area contributed by atoms with Crippen molar-refractivity contribution in [1.82, 2.24) is 14.9 Å². The van der Waals surface area contributed by atoms with Gasteiger partial charge in [-0.05, 0) is 6.92 Å². The highest BCUT2D eigenvalue weighted by Crippen LogP contribution is 1.84. The van der Waals surface area contributed by atoms with Gasteiger partial charge >= 0.3 is 0 Å². The number of aromatic nitrogens is 2. The van der Waals surface area contributed by atoms with Crippen molar-refractivity contribution in [3.05, 3.63) is 18.7 Å². The molecule has 5 heteroatoms. The molecule has 0 aliphatic heterocycles. The Kier molecular flexibility index (Phi) is 3.45. The molecule has 72 valence electrons. The second-order valence-electron chi connectivity index (χ2n) is 2.88. The predicted octanol–water partition coefficient (Wildman–Crippen LogP) is -0.653. The molecule has 0 bridgehead atoms. The molecular weight excluding hydrogens is 168 g/mol. The number of hydrogen-bond acceptors (Lipinski definition) is 3. The number of rotatable bonds is 4. The summed E-state index contributed by atoms with van der Waals surface area (Å²) >= 11 is 0. The molecule has 0 spiro atoms. The molecule has 0 saturated heterocycles. The number of hydrogen-bond donors (Lipinski definition) is 2. The summed E-state index contributed by atoms with van der Waals surface area (Å²) in [4.78, 5) is 14.9. The van der Waals surface area contributed by atoms with Crippen LogP contribution in [0.4, 0.5) is 0 Å². The van der Waals surface area contributed by atoms with Gasteiger partial charge in [-0.15, -0.1) is 0 Å². The van der Waals surface area contributed by atoms with Crippen LogP contribution in [-0.2, 0) is 11.3 Å². The Bertz CT molecular complexity index is 255. The van der Waals surface area contributed by atoms with Crippen molar-refractivity contribution < 1.29 is 4.79 Å². The third-order valence-electron chi connectivity index (χ3n) is 1.64. The molecule has 0 unspecified atom stereocenters. The summed E-state index contributed by atoms with van der Waals surface area (Å²) in [6.07, 6.45) is 5.25. The minimum Gasteiger partial charge on any atom is -0.353 e. The molecule has 0 aliphatic carbocycles. The highest BCUT2D eigenvalue weighted by atomic mass is 16.2. The zero-order chi connectivity index (χ0) is 9.68. The minimum atomic E-state index is -0.442. The van der Waals surface area contributed by atoms with E-state index in [1.807, 2.05) is 10.8 Å². The van der Waals surface area contributed by atoms with Gasteiger partial charge in [0.2, 0.25) is 5.91 Å². The van der Waals surface area contributed by atoms with Crippen molar-refractivity contribution in [1.29, 1.82) is 0 Å². The molecule has 5 nitrogen and oxygen atoms in total. The lowest BCUT2D eigenvalue weighted by molar-refractivity contribution is -0.121. The van der Waals surface area contributed by atoms with Crippen LogP contribution in [0.25, 0.3) is 0 Å². The van der Waals surface area contributed by atoms with E-state index in [1.54, 1.807) is 19.4 Å². The first-order chi connectivity index (χ1) is 6.20. The highest BCUT2D eigenvalue weighted by molar-refractivity contribution is 5.80. The molecule has 0 radical (unpaired) electrons. The van der Waals surface area contributed by atoms with Crippen LogP contribution in [0, 0.1) is 0 Å². The second-order valence-corrected chi connectivity index (χ2v) is 2.88. The van der Waals surface area contributed by atoms with Crippen molar-refractivity contribution in [3.8, 4) is 0 Å². The summed E-state index contributed by atoms with van der Waals surface area (Å²) in [5, 5.41) is 2.71. The van der Waals surface area contributed by atoms with Crippen molar-refractivity contribution in [2.75, 3.05) is 6.54 Å². The molecule has 1 aromatic rings. The Hall–Kier alpha value is -1.36. The Balaban J connectivity index is 2.18. The molecule has 1 heterocycles. The van der Waals surface area contributed by atoms with E-state index in [0.717, 1.165) is 6.54 Å². The topological polar surface area (TPSA) is 72.9 Å². The maximum Gasteiger partial charge on any atom is 0.236 e. The Labute approximate surface area is 76.9 Å². The van der Waals surface area contributed by atoms with Crippen LogP contribution in [0.3, 0.4) is 0 Å². The van der Waals surface area contributed by atoms with Gasteiger partial charge in [0, 0.05) is 25.5 Å². The number of carbonyl (C=O) groups is 1. The van der Waals surface area contributed by atoms with Crippen LogP contribution in [0.1, 0.15) is 6.92 Å². The first kappa shape index (κ1) is 9.73. The minimum absolute atomic E-state index is 0.125. The Morgan fingerprint density at radius 1 is 1.77 bits per heavy atom. The smallest absolute Gasteiger partial charge is 0.236 e. The van der Waals surface area contributed by atoms with Gasteiger partial charge < -0.3 is 15.6 Å². The van der Waals surface area contributed by atoms with E-state index < -0.39 is 6.04 Å². The zero-order valence-electron chi connectivity index (χ0n) is 7.60. The largest absolute Gasteiger partial charge is 0.353 e. The van der Waals surface area contributed by atoms with Crippen LogP contribution in [0.15, 0.2) is 18.7 Å². The molecule has 1 aromatic heterocycles. The fraction of sp³-hybridized carbons (Fsp3) is 0.500. The van der Waals surface area contributed by atoms with E-state index in [-0.39, 0.29) is 5.91 Å². The van der Waals surface area contributed by atoms with Crippen molar-refractivity contribution in [3.63, 3.8) is 0 Å². The van der Waals surface area contributed by atoms with Gasteiger partial charge in [0.05, 0.1) is 12.4 Å². The first-order valence-electron chi connectivity index (χ1n) is 4.19. The first-order valence-corrected chi connectivity index (χ1v) is 4.19. The number of nitrogens with one attached hydrogen (secondary N) is 1. The number of nitrogens with zero attached hydrogens (tertiary/aromatic N) is 2. The molecule has 1 rings (SSSR count). The van der Waals surface area contributed by atoms with Gasteiger partial charge in [-0.1, -0.05) is 0 Å². The van der Waals surface area contributed by atoms with E-state index in [2.05, 4.69) is 10.3 Å². The molecule has 1 amide bonds. The summed E-state index contributed by atoms with van der Waals surface area (Å²) in [6.45, 7) is 2.96. The molecule has 1 atom stereocenters. The van der Waals surface area contributed by atoms with E-state index in [0.29, 0.717) is 6.54 Å². The van der Waals surface area contributed by atoms with Gasteiger partial charge in [-0.25, -0.2) is 4.98 Å². The fourth-order valence-electron chi connectivity index (χ4n) is 0.888. The van der Waals surface area contributed by atoms with Crippen LogP contribution in [-0.4, -0.2) is 28.0 Å². The second kappa shape index (κ2) is 4.61. The lowest BCUT2D eigenvalue weighted by atomic mass is 10.3. The number of nitrogens with two attached hydrogens (primary N) is 1. The number of imidazole rings is 1. The number of amides is 1. The summed E-state index contributed by atoms with van der Waals surface area (Å²) in [7, 11) is 0. The summed E-state index contributed by atoms with van der Waals surface area (Å²) in [6, 6.07) is -0.442. The maximum absolute atomic E-state index is 11.0. The summed E-state index contributed by atoms with van der Waals surface area (Å²) in [5.41, 5.74) is 5.36. The van der Waals surface area contributed by atoms with Crippen molar-refractivity contribution >= 4 is 5.91 Å². The maximum atomic E-state index is 11.0. The average Bonchev–Trinajstić information content (AvgIpc) is 2.56. The summed E-state index contributed by atoms with van der Waals surface area (Å²) in [5.74, 6) is -0.125. The predicted molar refractivity (Wildman–Crippen MR) is 48.9 cm³/mol. The molecule has 0 aliphatic rings. The third-order valence-corrected chi connectivity index (χ3v) is 1.64. The molecule has 13 heavy (non-hydrogen) atoms. The lowest BCUT2D eigenvalue weighted by Crippen LogP contribution is -2.39. The van der Waals surface area contributed by atoms with Crippen LogP contribution < -0.4 is 11.1 Å². The summed E-state index contributed by atoms with van der Waals surface area (Å²) < 4.78 is 1.89. The molecule has 0 aromatic carbocycles. The molecular formula is C8H14N4O. The van der Waals surface area contributed by atoms with Gasteiger partial charge in [-0.2, -0.15) is 0 Å². The third kappa shape index (κ3) is 3.25. The van der Waals surface area contributed by atoms with E-state index in [9.17, 15) is 4.79 Å². The van der Waals surface area contributed by atoms with Crippen LogP contribution >= 0.6 is 0 Å². The van der Waals surface area contributed by atoms with Crippen molar-refractivity contribution in [2.45, 2.75) is 19.5 Å². The van der Waals surface area contributed by atoms with E-state index in [1.165, 1.54) is 0 Å². The highest BCUT2D eigenvalue weighted by Gasteiger charge is 2.04. The fourth-order valence-corrected chi connectivity index (χ4v) is 0.888.